The molecule has 0 aliphatic carbocycles. The van der Waals surface area contributed by atoms with Crippen LogP contribution in [0.25, 0.3) is 10.4 Å². The summed E-state index contributed by atoms with van der Waals surface area (Å²) in [5.74, 6) is 0.240. The maximum absolute atomic E-state index is 13.5. The summed E-state index contributed by atoms with van der Waals surface area (Å²) in [4.78, 5) is 37.1. The van der Waals surface area contributed by atoms with Gasteiger partial charge in [0, 0.05) is 61.8 Å². The predicted octanol–water partition coefficient (Wildman–Crippen LogP) is 5.70. The van der Waals surface area contributed by atoms with Crippen LogP contribution in [-0.2, 0) is 22.5 Å². The van der Waals surface area contributed by atoms with Gasteiger partial charge < -0.3 is 24.8 Å². The van der Waals surface area contributed by atoms with Crippen LogP contribution in [0.3, 0.4) is 0 Å². The van der Waals surface area contributed by atoms with Crippen molar-refractivity contribution >= 4 is 40.5 Å². The maximum atomic E-state index is 13.5. The number of carbonyl (C=O) groups is 2. The van der Waals surface area contributed by atoms with Crippen LogP contribution in [0.15, 0.2) is 53.7 Å². The van der Waals surface area contributed by atoms with Crippen LogP contribution in [0.1, 0.15) is 64.1 Å². The summed E-state index contributed by atoms with van der Waals surface area (Å²) >= 11 is 0.0374. The number of benzene rings is 1. The van der Waals surface area contributed by atoms with E-state index in [1.54, 1.807) is 28.5 Å². The second kappa shape index (κ2) is 14.3. The number of amides is 3. The third kappa shape index (κ3) is 9.15. The van der Waals surface area contributed by atoms with Gasteiger partial charge in [-0.3, -0.25) is 4.98 Å². The number of thiazole rings is 1. The molecule has 3 heterocycles. The first-order valence-electron chi connectivity index (χ1n) is 14.2. The largest absolute Gasteiger partial charge is 0.593 e. The van der Waals surface area contributed by atoms with E-state index < -0.39 is 16.9 Å². The highest BCUT2D eigenvalue weighted by Crippen LogP contribution is 2.38. The molecule has 0 radical (unpaired) electrons. The average molecular weight is 613 g/mol. The Balaban J connectivity index is 1.45. The zero-order valence-corrected chi connectivity index (χ0v) is 26.4. The molecule has 1 aliphatic rings. The van der Waals surface area contributed by atoms with Gasteiger partial charge in [0.05, 0.1) is 38.5 Å². The topological polar surface area (TPSA) is 132 Å². The van der Waals surface area contributed by atoms with E-state index in [-0.39, 0.29) is 24.1 Å². The zero-order valence-electron chi connectivity index (χ0n) is 24.8. The molecule has 1 unspecified atom stereocenters. The fourth-order valence-corrected chi connectivity index (χ4v) is 6.97. The number of nitrogens with zero attached hydrogens (tertiary/aromatic N) is 3. The summed E-state index contributed by atoms with van der Waals surface area (Å²) in [5.41, 5.74) is 1.85. The first kappa shape index (κ1) is 31.7. The standard InChI is InChI=1S/C30H40N6O4S2/c1-20(2)40-29(38)36-16-12-21(13-17-36)27-33-19-25(41-27)24-10-9-23(18-26(24)42(39)35-30(3,4)5)34-28(37)32-15-11-22-8-6-7-14-31-22/h6-10,14,18-21,35H,11-13,15-17H2,1-5H3,(H2,32,34,37). The van der Waals surface area contributed by atoms with Gasteiger partial charge in [-0.1, -0.05) is 6.07 Å². The number of hydrogen-bond acceptors (Lipinski definition) is 8. The molecule has 0 bridgehead atoms. The van der Waals surface area contributed by atoms with E-state index in [0.29, 0.717) is 36.6 Å². The highest BCUT2D eigenvalue weighted by molar-refractivity contribution is 7.89. The lowest BCUT2D eigenvalue weighted by Crippen LogP contribution is -2.40. The molecule has 10 nitrogen and oxygen atoms in total. The van der Waals surface area contributed by atoms with Crippen LogP contribution in [-0.4, -0.2) is 62.8 Å². The molecule has 2 aromatic heterocycles. The maximum Gasteiger partial charge on any atom is 0.410 e. The highest BCUT2D eigenvalue weighted by atomic mass is 32.2. The molecule has 3 aromatic rings. The number of anilines is 1. The van der Waals surface area contributed by atoms with Gasteiger partial charge in [-0.2, -0.15) is 0 Å². The van der Waals surface area contributed by atoms with Crippen molar-refractivity contribution in [2.75, 3.05) is 25.0 Å². The first-order chi connectivity index (χ1) is 20.0. The lowest BCUT2D eigenvalue weighted by molar-refractivity contribution is 0.0691. The Morgan fingerprint density at radius 2 is 1.93 bits per heavy atom. The fraction of sp³-hybridized carbons (Fsp3) is 0.467. The smallest absolute Gasteiger partial charge is 0.410 e. The molecule has 3 N–H and O–H groups in total. The third-order valence-electron chi connectivity index (χ3n) is 6.46. The molecule has 1 fully saturated rings. The summed E-state index contributed by atoms with van der Waals surface area (Å²) < 4.78 is 22.0. The van der Waals surface area contributed by atoms with Crippen molar-refractivity contribution in [3.63, 3.8) is 0 Å². The number of pyridine rings is 1. The summed E-state index contributed by atoms with van der Waals surface area (Å²) in [7, 11) is 0. The van der Waals surface area contributed by atoms with Crippen molar-refractivity contribution in [2.45, 2.75) is 76.3 Å². The van der Waals surface area contributed by atoms with Crippen molar-refractivity contribution in [2.24, 2.45) is 0 Å². The molecule has 42 heavy (non-hydrogen) atoms. The number of rotatable bonds is 9. The van der Waals surface area contributed by atoms with Crippen LogP contribution in [0.2, 0.25) is 0 Å². The van der Waals surface area contributed by atoms with Crippen molar-refractivity contribution in [3.8, 4) is 10.4 Å². The zero-order chi connectivity index (χ0) is 30.3. The van der Waals surface area contributed by atoms with E-state index in [9.17, 15) is 14.1 Å². The molecule has 4 rings (SSSR count). The van der Waals surface area contributed by atoms with Gasteiger partial charge in [0.25, 0.3) is 0 Å². The number of nitrogens with one attached hydrogen (secondary N) is 3. The molecule has 1 saturated heterocycles. The second-order valence-corrected chi connectivity index (χ2v) is 13.8. The Morgan fingerprint density at radius 1 is 1.17 bits per heavy atom. The lowest BCUT2D eigenvalue weighted by Gasteiger charge is -2.30. The van der Waals surface area contributed by atoms with Gasteiger partial charge >= 0.3 is 12.1 Å². The number of urea groups is 1. The number of hydrogen-bond donors (Lipinski definition) is 3. The highest BCUT2D eigenvalue weighted by Gasteiger charge is 2.29. The summed E-state index contributed by atoms with van der Waals surface area (Å²) in [6.07, 6.45) is 5.38. The van der Waals surface area contributed by atoms with Gasteiger partial charge in [-0.15, -0.1) is 16.1 Å². The van der Waals surface area contributed by atoms with Crippen LogP contribution >= 0.6 is 11.3 Å². The molecule has 226 valence electrons. The minimum atomic E-state index is -1.54. The normalized spacial score (nSPS) is 15.0. The number of ether oxygens (including phenoxy) is 1. The summed E-state index contributed by atoms with van der Waals surface area (Å²) in [6, 6.07) is 10.8. The number of likely N-dealkylation sites (tertiary alicyclic amines) is 1. The van der Waals surface area contributed by atoms with Crippen molar-refractivity contribution in [3.05, 3.63) is 59.5 Å². The van der Waals surface area contributed by atoms with E-state index >= 15 is 0 Å². The molecular weight excluding hydrogens is 573 g/mol. The Hall–Kier alpha value is -3.19. The molecule has 1 atom stereocenters. The van der Waals surface area contributed by atoms with Crippen molar-refractivity contribution in [1.29, 1.82) is 0 Å². The molecular formula is C30H40N6O4S2. The molecule has 12 heteroatoms. The van der Waals surface area contributed by atoms with Gasteiger partial charge in [0.2, 0.25) is 0 Å². The van der Waals surface area contributed by atoms with Crippen LogP contribution in [0.4, 0.5) is 15.3 Å². The quantitative estimate of drug-likeness (QED) is 0.264. The predicted molar refractivity (Wildman–Crippen MR) is 167 cm³/mol. The van der Waals surface area contributed by atoms with Gasteiger partial charge in [-0.25, -0.2) is 14.6 Å². The fourth-order valence-electron chi connectivity index (χ4n) is 4.50. The van der Waals surface area contributed by atoms with Gasteiger partial charge in [-0.05, 0) is 71.7 Å². The Morgan fingerprint density at radius 3 is 2.60 bits per heavy atom. The van der Waals surface area contributed by atoms with E-state index in [4.69, 9.17) is 9.72 Å². The molecule has 1 aromatic carbocycles. The number of piperidine rings is 1. The lowest BCUT2D eigenvalue weighted by atomic mass is 9.98. The van der Waals surface area contributed by atoms with Crippen LogP contribution < -0.4 is 15.4 Å². The summed E-state index contributed by atoms with van der Waals surface area (Å²) in [6.45, 7) is 11.2. The number of carbonyl (C=O) groups excluding carboxylic acids is 2. The molecule has 1 aliphatic heterocycles. The Labute approximate surface area is 255 Å². The van der Waals surface area contributed by atoms with Crippen LogP contribution in [0.5, 0.6) is 0 Å². The average Bonchev–Trinajstić information content (AvgIpc) is 3.42. The van der Waals surface area contributed by atoms with Gasteiger partial charge in [0.15, 0.2) is 4.90 Å². The van der Waals surface area contributed by atoms with Crippen molar-refractivity contribution < 1.29 is 18.9 Å². The van der Waals surface area contributed by atoms with E-state index in [1.165, 1.54) is 0 Å². The van der Waals surface area contributed by atoms with Gasteiger partial charge in [0.1, 0.15) is 0 Å². The Bertz CT molecular complexity index is 1340. The van der Waals surface area contributed by atoms with E-state index in [2.05, 4.69) is 20.3 Å². The minimum absolute atomic E-state index is 0.141. The number of aromatic nitrogens is 2. The SMILES string of the molecule is CC(C)OC(=O)N1CCC(c2ncc(-c3ccc(NC(=O)NCCc4ccccn4)cc3[S+]([O-])NC(C)(C)C)s2)CC1. The first-order valence-corrected chi connectivity index (χ1v) is 16.1. The molecule has 3 amide bonds. The van der Waals surface area contributed by atoms with Crippen LogP contribution in [0, 0.1) is 0 Å². The third-order valence-corrected chi connectivity index (χ3v) is 9.19. The van der Waals surface area contributed by atoms with E-state index in [0.717, 1.165) is 34.0 Å². The Kier molecular flexibility index (Phi) is 10.8. The second-order valence-electron chi connectivity index (χ2n) is 11.5. The minimum Gasteiger partial charge on any atom is -0.593 e. The monoisotopic (exact) mass is 612 g/mol. The van der Waals surface area contributed by atoms with Crippen molar-refractivity contribution in [1.82, 2.24) is 24.9 Å². The molecule has 0 spiro atoms. The molecule has 0 saturated carbocycles. The van der Waals surface area contributed by atoms with E-state index in [1.807, 2.05) is 71.1 Å². The summed E-state index contributed by atoms with van der Waals surface area (Å²) in [5, 5.41) is 6.71.